The molecule has 2 aliphatic heterocycles. The normalized spacial score (nSPS) is 15.4. The zero-order valence-corrected chi connectivity index (χ0v) is 43.1. The van der Waals surface area contributed by atoms with Crippen LogP contribution in [0.4, 0.5) is 28.4 Å². The van der Waals surface area contributed by atoms with E-state index in [0.29, 0.717) is 0 Å². The Labute approximate surface area is 427 Å². The van der Waals surface area contributed by atoms with E-state index < -0.39 is 0 Å². The maximum Gasteiger partial charge on any atom is 0.376 e. The molecule has 72 heavy (non-hydrogen) atoms. The van der Waals surface area contributed by atoms with Crippen molar-refractivity contribution in [2.24, 2.45) is 0 Å². The lowest BCUT2D eigenvalue weighted by atomic mass is 9.45. The SMILES string of the molecule is CCCCc1ccc(N2B3c4oc5ccc(-c6ccccc6)cc5c4N(c4ccc(CCCC)cc4)c4cc5c(oc6ccccc65)c(c43)-c3cc4c(cc32)sc2cc3c(cc24)C(C)(C)CCC3(C)C)cc1. The third-order valence-corrected chi connectivity index (χ3v) is 18.0. The third-order valence-electron chi connectivity index (χ3n) is 16.9. The van der Waals surface area contributed by atoms with Crippen LogP contribution in [0, 0.1) is 0 Å². The van der Waals surface area contributed by atoms with E-state index in [1.54, 1.807) is 0 Å². The van der Waals surface area contributed by atoms with Gasteiger partial charge in [-0.1, -0.05) is 133 Å². The highest BCUT2D eigenvalue weighted by molar-refractivity contribution is 7.26. The van der Waals surface area contributed by atoms with Crippen LogP contribution in [-0.4, -0.2) is 6.85 Å². The van der Waals surface area contributed by atoms with Crippen LogP contribution in [-0.2, 0) is 23.7 Å². The van der Waals surface area contributed by atoms with E-state index in [-0.39, 0.29) is 17.7 Å². The first-order chi connectivity index (χ1) is 35.1. The van der Waals surface area contributed by atoms with E-state index in [1.165, 1.54) is 109 Å². The minimum Gasteiger partial charge on any atom is -0.466 e. The highest BCUT2D eigenvalue weighted by atomic mass is 32.1. The van der Waals surface area contributed by atoms with Crippen LogP contribution in [0.15, 0.2) is 160 Å². The van der Waals surface area contributed by atoms with Crippen LogP contribution in [0.3, 0.4) is 0 Å². The van der Waals surface area contributed by atoms with Crippen LogP contribution in [0.1, 0.15) is 102 Å². The van der Waals surface area contributed by atoms with Crippen molar-refractivity contribution in [3.63, 3.8) is 0 Å². The molecule has 0 bridgehead atoms. The summed E-state index contributed by atoms with van der Waals surface area (Å²) in [6, 6.07) is 57.6. The number of benzene rings is 8. The quantitative estimate of drug-likeness (QED) is 0.135. The van der Waals surface area contributed by atoms with Crippen molar-refractivity contribution in [1.82, 2.24) is 0 Å². The molecular formula is C66H59BN2O2S. The second kappa shape index (κ2) is 16.2. The Hall–Kier alpha value is -7.02. The summed E-state index contributed by atoms with van der Waals surface area (Å²) in [6.45, 7) is 14.0. The first-order valence-corrected chi connectivity index (χ1v) is 27.3. The van der Waals surface area contributed by atoms with Crippen LogP contribution in [0.2, 0.25) is 0 Å². The van der Waals surface area contributed by atoms with Gasteiger partial charge in [-0.15, -0.1) is 11.3 Å². The number of hydrogen-bond acceptors (Lipinski definition) is 5. The van der Waals surface area contributed by atoms with Gasteiger partial charge >= 0.3 is 6.85 Å². The molecule has 0 fully saturated rings. The van der Waals surface area contributed by atoms with Gasteiger partial charge in [0.2, 0.25) is 0 Å². The first kappa shape index (κ1) is 43.7. The maximum atomic E-state index is 7.49. The van der Waals surface area contributed by atoms with Gasteiger partial charge in [0.15, 0.2) is 0 Å². The summed E-state index contributed by atoms with van der Waals surface area (Å²) in [4.78, 5) is 5.15. The zero-order valence-electron chi connectivity index (χ0n) is 42.3. The van der Waals surface area contributed by atoms with Crippen molar-refractivity contribution < 1.29 is 8.83 Å². The summed E-state index contributed by atoms with van der Waals surface area (Å²) in [5.41, 5.74) is 21.1. The van der Waals surface area contributed by atoms with Crippen LogP contribution in [0.5, 0.6) is 0 Å². The van der Waals surface area contributed by atoms with Crippen LogP contribution >= 0.6 is 11.3 Å². The second-order valence-electron chi connectivity index (χ2n) is 22.3. The van der Waals surface area contributed by atoms with Crippen molar-refractivity contribution in [3.8, 4) is 22.3 Å². The van der Waals surface area contributed by atoms with Crippen molar-refractivity contribution in [1.29, 1.82) is 0 Å². The Morgan fingerprint density at radius 3 is 1.90 bits per heavy atom. The Balaban J connectivity index is 1.12. The average molecular weight is 955 g/mol. The number of nitrogens with zero attached hydrogens (tertiary/aromatic N) is 2. The molecule has 11 aromatic rings. The lowest BCUT2D eigenvalue weighted by Gasteiger charge is -2.43. The van der Waals surface area contributed by atoms with Crippen molar-refractivity contribution in [3.05, 3.63) is 174 Å². The van der Waals surface area contributed by atoms with Crippen LogP contribution < -0.4 is 20.8 Å². The molecule has 0 unspecified atom stereocenters. The molecule has 14 rings (SSSR count). The topological polar surface area (TPSA) is 32.8 Å². The number of unbranched alkanes of at least 4 members (excludes halogenated alkanes) is 2. The number of para-hydroxylation sites is 1. The monoisotopic (exact) mass is 954 g/mol. The standard InChI is InChI=1S/C66H59BN2O2S/c1-7-9-16-40-22-27-44(28-23-40)68-55-37-49-46-20-14-15-21-56(46)70-63(49)60-50-35-47-48-36-52-53(66(5,6)33-32-65(52,3)4)38-58(48)72-59(47)39-54(50)69(45-29-24-41(25-30-45)17-10-8-2)67(61(55)60)64-62(68)51-34-43(26-31-57(51)71-64)42-18-12-11-13-19-42/h11-15,18-31,34-39H,7-10,16-17,32-33H2,1-6H3. The molecule has 6 heteroatoms. The highest BCUT2D eigenvalue weighted by Gasteiger charge is 2.50. The fourth-order valence-corrected chi connectivity index (χ4v) is 13.9. The molecule has 1 aliphatic carbocycles. The number of hydrogen-bond donors (Lipinski definition) is 0. The number of fused-ring (bicyclic) bond motifs is 14. The minimum absolute atomic E-state index is 0.0948. The summed E-state index contributed by atoms with van der Waals surface area (Å²) < 4.78 is 17.4. The summed E-state index contributed by atoms with van der Waals surface area (Å²) in [5, 5.41) is 6.00. The predicted octanol–water partition coefficient (Wildman–Crippen LogP) is 18.1. The zero-order chi connectivity index (χ0) is 48.6. The van der Waals surface area contributed by atoms with Gasteiger partial charge in [-0.05, 0) is 161 Å². The Morgan fingerprint density at radius 2 is 1.18 bits per heavy atom. The molecule has 0 saturated heterocycles. The van der Waals surface area contributed by atoms with E-state index in [2.05, 4.69) is 203 Å². The lowest BCUT2D eigenvalue weighted by Crippen LogP contribution is -2.61. The molecule has 0 radical (unpaired) electrons. The molecule has 3 aromatic heterocycles. The molecule has 354 valence electrons. The molecule has 0 amide bonds. The van der Waals surface area contributed by atoms with E-state index >= 15 is 0 Å². The van der Waals surface area contributed by atoms with E-state index in [4.69, 9.17) is 8.83 Å². The van der Waals surface area contributed by atoms with E-state index in [9.17, 15) is 0 Å². The molecule has 3 aliphatic rings. The molecule has 0 saturated carbocycles. The number of aryl methyl sites for hydroxylation is 2. The molecule has 4 nitrogen and oxygen atoms in total. The van der Waals surface area contributed by atoms with Gasteiger partial charge in [0.05, 0.1) is 5.69 Å². The Kier molecular flexibility index (Phi) is 9.87. The largest absolute Gasteiger partial charge is 0.466 e. The Bertz CT molecular complexity index is 3970. The van der Waals surface area contributed by atoms with Gasteiger partial charge in [-0.2, -0.15) is 0 Å². The molecule has 0 N–H and O–H groups in total. The smallest absolute Gasteiger partial charge is 0.376 e. The van der Waals surface area contributed by atoms with Gasteiger partial charge < -0.3 is 18.5 Å². The second-order valence-corrected chi connectivity index (χ2v) is 23.4. The summed E-state index contributed by atoms with van der Waals surface area (Å²) >= 11 is 1.94. The van der Waals surface area contributed by atoms with Gasteiger partial charge in [-0.3, -0.25) is 0 Å². The van der Waals surface area contributed by atoms with Gasteiger partial charge in [0.25, 0.3) is 0 Å². The van der Waals surface area contributed by atoms with Crippen molar-refractivity contribution in [2.45, 2.75) is 104 Å². The summed E-state index contributed by atoms with van der Waals surface area (Å²) in [5.74, 6) is 0. The highest BCUT2D eigenvalue weighted by Crippen LogP contribution is 2.55. The van der Waals surface area contributed by atoms with Gasteiger partial charge in [0, 0.05) is 70.2 Å². The molecule has 5 heterocycles. The minimum atomic E-state index is -0.315. The maximum absolute atomic E-state index is 7.49. The molecule has 0 atom stereocenters. The number of thiophene rings is 1. The fourth-order valence-electron chi connectivity index (χ4n) is 12.8. The van der Waals surface area contributed by atoms with Crippen molar-refractivity contribution >= 4 is 111 Å². The molecule has 8 aromatic carbocycles. The predicted molar refractivity (Wildman–Crippen MR) is 308 cm³/mol. The third kappa shape index (κ3) is 6.57. The van der Waals surface area contributed by atoms with E-state index in [1.807, 2.05) is 11.3 Å². The number of furan rings is 2. The molecule has 0 spiro atoms. The summed E-state index contributed by atoms with van der Waals surface area (Å²) in [6.07, 6.45) is 9.17. The van der Waals surface area contributed by atoms with Gasteiger partial charge in [0.1, 0.15) is 22.4 Å². The Morgan fingerprint density at radius 1 is 0.542 bits per heavy atom. The first-order valence-electron chi connectivity index (χ1n) is 26.5. The molecular weight excluding hydrogens is 896 g/mol. The van der Waals surface area contributed by atoms with Crippen molar-refractivity contribution in [2.75, 3.05) is 9.71 Å². The van der Waals surface area contributed by atoms with Gasteiger partial charge in [-0.25, -0.2) is 0 Å². The van der Waals surface area contributed by atoms with Crippen LogP contribution in [0.25, 0.3) is 75.3 Å². The fraction of sp³-hybridized carbons (Fsp3) is 0.242. The van der Waals surface area contributed by atoms with E-state index in [0.717, 1.165) is 79.7 Å². The lowest BCUT2D eigenvalue weighted by molar-refractivity contribution is 0.332. The summed E-state index contributed by atoms with van der Waals surface area (Å²) in [7, 11) is 0. The average Bonchev–Trinajstić information content (AvgIpc) is 4.09. The number of anilines is 5. The number of rotatable bonds is 9.